The van der Waals surface area contributed by atoms with Crippen LogP contribution in [0.3, 0.4) is 0 Å². The number of hydrogen-bond donors (Lipinski definition) is 3. The van der Waals surface area contributed by atoms with E-state index >= 15 is 0 Å². The van der Waals surface area contributed by atoms with Crippen LogP contribution in [-0.2, 0) is 0 Å². The molecule has 0 atom stereocenters. The Morgan fingerprint density at radius 3 is 2.24 bits per heavy atom. The number of rotatable bonds is 4. The summed E-state index contributed by atoms with van der Waals surface area (Å²) in [7, 11) is -1.54. The predicted octanol–water partition coefficient (Wildman–Crippen LogP) is 1.56. The molecule has 0 fully saturated rings. The van der Waals surface area contributed by atoms with E-state index in [0.29, 0.717) is 22.4 Å². The maximum Gasteiger partial charge on any atom is 0.488 e. The molecule has 104 valence electrons. The second kappa shape index (κ2) is 6.58. The molecule has 2 aromatic rings. The van der Waals surface area contributed by atoms with Gasteiger partial charge in [-0.25, -0.2) is 0 Å². The molecule has 0 bridgehead atoms. The van der Waals surface area contributed by atoms with E-state index in [-0.39, 0.29) is 5.91 Å². The molecule has 0 spiro atoms. The predicted molar refractivity (Wildman–Crippen MR) is 79.5 cm³/mol. The van der Waals surface area contributed by atoms with Gasteiger partial charge in [0.05, 0.1) is 0 Å². The number of benzene rings is 2. The highest BCUT2D eigenvalue weighted by Crippen LogP contribution is 2.14. The minimum absolute atomic E-state index is 0.320. The Labute approximate surface area is 120 Å². The lowest BCUT2D eigenvalue weighted by Crippen LogP contribution is -2.29. The lowest BCUT2D eigenvalue weighted by molar-refractivity contribution is 0.102. The molecule has 0 aliphatic rings. The Hall–Kier alpha value is -2.80. The van der Waals surface area contributed by atoms with Crippen molar-refractivity contribution in [1.82, 2.24) is 0 Å². The fourth-order valence-electron chi connectivity index (χ4n) is 1.67. The molecule has 7 nitrogen and oxygen atoms in total. The van der Waals surface area contributed by atoms with Gasteiger partial charge in [0.2, 0.25) is 0 Å². The monoisotopic (exact) mass is 282 g/mol. The summed E-state index contributed by atoms with van der Waals surface area (Å²) < 4.78 is 0. The summed E-state index contributed by atoms with van der Waals surface area (Å²) in [6, 6.07) is 12.3. The van der Waals surface area contributed by atoms with Crippen molar-refractivity contribution in [2.75, 3.05) is 5.32 Å². The van der Waals surface area contributed by atoms with E-state index in [1.807, 2.05) is 0 Å². The van der Waals surface area contributed by atoms with E-state index in [4.69, 9.17) is 15.6 Å². The van der Waals surface area contributed by atoms with Gasteiger partial charge in [-0.3, -0.25) is 4.79 Å². The van der Waals surface area contributed by atoms with Crippen molar-refractivity contribution in [3.8, 4) is 0 Å². The molecule has 0 aromatic heterocycles. The average Bonchev–Trinajstić information content (AvgIpc) is 2.49. The summed E-state index contributed by atoms with van der Waals surface area (Å²) in [5.74, 6) is -0.320. The first-order valence-electron chi connectivity index (χ1n) is 6.03. The molecule has 0 heterocycles. The third-order valence-corrected chi connectivity index (χ3v) is 2.76. The molecular formula is C13H11BN4O3. The normalized spacial score (nSPS) is 9.62. The van der Waals surface area contributed by atoms with Crippen molar-refractivity contribution in [3.05, 3.63) is 64.5 Å². The van der Waals surface area contributed by atoms with E-state index in [2.05, 4.69) is 15.3 Å². The molecule has 0 aliphatic heterocycles. The molecule has 0 saturated heterocycles. The highest BCUT2D eigenvalue weighted by Gasteiger charge is 2.11. The second-order valence-electron chi connectivity index (χ2n) is 4.19. The SMILES string of the molecule is [N-]=[N+]=Nc1ccc(C(=O)Nc2ccc(B(O)O)cc2)cc1. The number of azide groups is 1. The van der Waals surface area contributed by atoms with E-state index < -0.39 is 7.12 Å². The third-order valence-electron chi connectivity index (χ3n) is 2.76. The quantitative estimate of drug-likeness (QED) is 0.341. The number of nitrogens with zero attached hydrogens (tertiary/aromatic N) is 3. The fraction of sp³-hybridized carbons (Fsp3) is 0. The zero-order valence-electron chi connectivity index (χ0n) is 10.8. The zero-order chi connectivity index (χ0) is 15.2. The number of anilines is 1. The van der Waals surface area contributed by atoms with Gasteiger partial charge in [-0.05, 0) is 35.3 Å². The number of amides is 1. The highest BCUT2D eigenvalue weighted by atomic mass is 16.4. The van der Waals surface area contributed by atoms with Crippen molar-refractivity contribution in [3.63, 3.8) is 0 Å². The Bertz CT molecular complexity index is 680. The van der Waals surface area contributed by atoms with Crippen LogP contribution in [0.5, 0.6) is 0 Å². The minimum Gasteiger partial charge on any atom is -0.423 e. The van der Waals surface area contributed by atoms with Gasteiger partial charge in [0, 0.05) is 21.8 Å². The number of nitrogens with one attached hydrogen (secondary N) is 1. The molecule has 0 unspecified atom stereocenters. The molecule has 0 radical (unpaired) electrons. The van der Waals surface area contributed by atoms with Crippen LogP contribution < -0.4 is 10.8 Å². The molecule has 0 aliphatic carbocycles. The largest absolute Gasteiger partial charge is 0.488 e. The topological polar surface area (TPSA) is 118 Å². The summed E-state index contributed by atoms with van der Waals surface area (Å²) in [4.78, 5) is 14.6. The number of carbonyl (C=O) groups excluding carboxylic acids is 1. The van der Waals surface area contributed by atoms with Crippen LogP contribution in [0.1, 0.15) is 10.4 Å². The van der Waals surface area contributed by atoms with Crippen molar-refractivity contribution >= 4 is 29.9 Å². The zero-order valence-corrected chi connectivity index (χ0v) is 10.8. The second-order valence-corrected chi connectivity index (χ2v) is 4.19. The molecular weight excluding hydrogens is 271 g/mol. The van der Waals surface area contributed by atoms with Crippen molar-refractivity contribution in [1.29, 1.82) is 0 Å². The maximum atomic E-state index is 12.0. The van der Waals surface area contributed by atoms with Crippen LogP contribution in [0.15, 0.2) is 53.6 Å². The van der Waals surface area contributed by atoms with Crippen LogP contribution >= 0.6 is 0 Å². The summed E-state index contributed by atoms with van der Waals surface area (Å²) >= 11 is 0. The summed E-state index contributed by atoms with van der Waals surface area (Å²) in [5.41, 5.74) is 10.0. The van der Waals surface area contributed by atoms with Crippen LogP contribution in [-0.4, -0.2) is 23.1 Å². The van der Waals surface area contributed by atoms with Crippen LogP contribution in [0.25, 0.3) is 10.4 Å². The first kappa shape index (κ1) is 14.6. The Morgan fingerprint density at radius 2 is 1.71 bits per heavy atom. The van der Waals surface area contributed by atoms with Gasteiger partial charge >= 0.3 is 7.12 Å². The van der Waals surface area contributed by atoms with E-state index in [1.165, 1.54) is 12.1 Å². The smallest absolute Gasteiger partial charge is 0.423 e. The van der Waals surface area contributed by atoms with Crippen molar-refractivity contribution in [2.24, 2.45) is 5.11 Å². The Kier molecular flexibility index (Phi) is 4.58. The molecule has 3 N–H and O–H groups in total. The Balaban J connectivity index is 2.08. The van der Waals surface area contributed by atoms with E-state index in [9.17, 15) is 4.79 Å². The lowest BCUT2D eigenvalue weighted by atomic mass is 9.80. The van der Waals surface area contributed by atoms with Crippen molar-refractivity contribution < 1.29 is 14.8 Å². The lowest BCUT2D eigenvalue weighted by Gasteiger charge is -2.06. The third kappa shape index (κ3) is 3.84. The Morgan fingerprint density at radius 1 is 1.10 bits per heavy atom. The number of hydrogen-bond acceptors (Lipinski definition) is 4. The molecule has 21 heavy (non-hydrogen) atoms. The number of carbonyl (C=O) groups is 1. The van der Waals surface area contributed by atoms with Gasteiger partial charge in [-0.15, -0.1) is 0 Å². The van der Waals surface area contributed by atoms with Gasteiger partial charge in [0.15, 0.2) is 0 Å². The molecule has 2 rings (SSSR count). The van der Waals surface area contributed by atoms with Crippen LogP contribution in [0.4, 0.5) is 11.4 Å². The van der Waals surface area contributed by atoms with E-state index in [1.54, 1.807) is 36.4 Å². The standard InChI is InChI=1S/C13H11BN4O3/c15-18-17-12-5-1-9(2-6-12)13(19)16-11-7-3-10(4-8-11)14(20)21/h1-8,20-21H,(H,16,19). The highest BCUT2D eigenvalue weighted by molar-refractivity contribution is 6.58. The van der Waals surface area contributed by atoms with Gasteiger partial charge in [-0.1, -0.05) is 29.4 Å². The molecule has 2 aromatic carbocycles. The molecule has 8 heteroatoms. The van der Waals surface area contributed by atoms with Gasteiger partial charge in [0.25, 0.3) is 5.91 Å². The summed E-state index contributed by atoms with van der Waals surface area (Å²) in [5, 5.41) is 24.0. The fourth-order valence-corrected chi connectivity index (χ4v) is 1.67. The van der Waals surface area contributed by atoms with Crippen molar-refractivity contribution in [2.45, 2.75) is 0 Å². The summed E-state index contributed by atoms with van der Waals surface area (Å²) in [6.45, 7) is 0. The van der Waals surface area contributed by atoms with Gasteiger partial charge in [0.1, 0.15) is 0 Å². The molecule has 1 amide bonds. The minimum atomic E-state index is -1.54. The van der Waals surface area contributed by atoms with Gasteiger partial charge in [-0.2, -0.15) is 0 Å². The van der Waals surface area contributed by atoms with Crippen LogP contribution in [0.2, 0.25) is 0 Å². The van der Waals surface area contributed by atoms with Crippen LogP contribution in [0, 0.1) is 0 Å². The van der Waals surface area contributed by atoms with E-state index in [0.717, 1.165) is 0 Å². The van der Waals surface area contributed by atoms with Gasteiger partial charge < -0.3 is 15.4 Å². The average molecular weight is 282 g/mol. The first-order valence-corrected chi connectivity index (χ1v) is 6.03. The molecule has 0 saturated carbocycles. The first-order chi connectivity index (χ1) is 10.1. The summed E-state index contributed by atoms with van der Waals surface area (Å²) in [6.07, 6.45) is 0. The maximum absolute atomic E-state index is 12.0.